The van der Waals surface area contributed by atoms with Crippen LogP contribution in [-0.2, 0) is 6.54 Å². The van der Waals surface area contributed by atoms with Crippen LogP contribution < -0.4 is 4.74 Å². The Balaban J connectivity index is 1.47. The molecule has 1 unspecified atom stereocenters. The quantitative estimate of drug-likeness (QED) is 0.367. The second kappa shape index (κ2) is 8.70. The summed E-state index contributed by atoms with van der Waals surface area (Å²) in [5.41, 5.74) is 2.56. The number of pyridine rings is 1. The number of aryl methyl sites for hydroxylation is 1. The summed E-state index contributed by atoms with van der Waals surface area (Å²) in [6, 6.07) is 7.03. The Morgan fingerprint density at radius 1 is 1.11 bits per heavy atom. The zero-order chi connectivity index (χ0) is 24.7. The first-order valence-corrected chi connectivity index (χ1v) is 11.1. The Hall–Kier alpha value is -3.91. The van der Waals surface area contributed by atoms with Crippen molar-refractivity contribution in [2.24, 2.45) is 0 Å². The topological polar surface area (TPSA) is 116 Å². The fraction of sp³-hybridized carbons (Fsp3) is 0.238. The summed E-state index contributed by atoms with van der Waals surface area (Å²) in [6.45, 7) is 2.06. The smallest absolute Gasteiger partial charge is 0.409 e. The van der Waals surface area contributed by atoms with Crippen molar-refractivity contribution >= 4 is 16.9 Å². The van der Waals surface area contributed by atoms with Crippen molar-refractivity contribution in [3.63, 3.8) is 0 Å². The number of thiazole rings is 1. The van der Waals surface area contributed by atoms with Crippen LogP contribution in [0.25, 0.3) is 27.5 Å². The van der Waals surface area contributed by atoms with Gasteiger partial charge in [0.15, 0.2) is 6.54 Å². The van der Waals surface area contributed by atoms with E-state index in [1.807, 2.05) is 6.92 Å². The van der Waals surface area contributed by atoms with Gasteiger partial charge in [-0.1, -0.05) is 0 Å². The minimum atomic E-state index is -4.46. The standard InChI is InChI=1S/C21H17F3N8O2S/c1-11-3-6-17(29-28-11)34-13-4-5-16-14(7-25-31(16)9-13)20-27-18(19(35-20)12(2)33)15-8-26-32(30-15)10-21(22,23)24/h3-9,12,33H,10H2,1-2H3. The molecule has 5 aromatic heterocycles. The molecule has 0 bridgehead atoms. The average molecular weight is 502 g/mol. The van der Waals surface area contributed by atoms with Gasteiger partial charge in [-0.3, -0.25) is 0 Å². The van der Waals surface area contributed by atoms with Crippen LogP contribution >= 0.6 is 11.3 Å². The minimum Gasteiger partial charge on any atom is -0.436 e. The van der Waals surface area contributed by atoms with Crippen molar-refractivity contribution in [1.82, 2.24) is 39.8 Å². The van der Waals surface area contributed by atoms with Gasteiger partial charge in [-0.15, -0.1) is 16.4 Å². The van der Waals surface area contributed by atoms with Crippen LogP contribution in [0.4, 0.5) is 13.2 Å². The number of aliphatic hydroxyl groups is 1. The molecule has 0 aliphatic rings. The van der Waals surface area contributed by atoms with E-state index in [0.717, 1.165) is 5.69 Å². The van der Waals surface area contributed by atoms with Gasteiger partial charge < -0.3 is 9.84 Å². The number of hydrogen-bond acceptors (Lipinski definition) is 9. The van der Waals surface area contributed by atoms with E-state index in [1.54, 1.807) is 48.1 Å². The van der Waals surface area contributed by atoms with Crippen molar-refractivity contribution in [3.05, 3.63) is 53.4 Å². The van der Waals surface area contributed by atoms with Crippen LogP contribution in [-0.4, -0.2) is 51.1 Å². The molecule has 0 fully saturated rings. The van der Waals surface area contributed by atoms with E-state index in [2.05, 4.69) is 30.5 Å². The molecule has 0 aliphatic heterocycles. The highest BCUT2D eigenvalue weighted by atomic mass is 32.1. The van der Waals surface area contributed by atoms with Crippen LogP contribution in [0.5, 0.6) is 11.6 Å². The fourth-order valence-corrected chi connectivity index (χ4v) is 4.34. The van der Waals surface area contributed by atoms with Crippen molar-refractivity contribution in [2.75, 3.05) is 0 Å². The molecule has 5 heterocycles. The first-order chi connectivity index (χ1) is 16.7. The lowest BCUT2D eigenvalue weighted by Gasteiger charge is -2.04. The molecule has 180 valence electrons. The summed E-state index contributed by atoms with van der Waals surface area (Å²) < 4.78 is 45.4. The third-order valence-corrected chi connectivity index (χ3v) is 6.11. The maximum atomic E-state index is 12.7. The van der Waals surface area contributed by atoms with Crippen molar-refractivity contribution in [2.45, 2.75) is 32.7 Å². The molecule has 1 N–H and O–H groups in total. The van der Waals surface area contributed by atoms with Crippen molar-refractivity contribution in [1.29, 1.82) is 0 Å². The number of aromatic nitrogens is 8. The van der Waals surface area contributed by atoms with Gasteiger partial charge in [0.2, 0.25) is 5.88 Å². The molecule has 0 aliphatic carbocycles. The lowest BCUT2D eigenvalue weighted by molar-refractivity contribution is -0.144. The molecule has 0 saturated carbocycles. The molecule has 5 rings (SSSR count). The van der Waals surface area contributed by atoms with E-state index in [4.69, 9.17) is 4.74 Å². The third-order valence-electron chi connectivity index (χ3n) is 4.85. The van der Waals surface area contributed by atoms with Gasteiger partial charge >= 0.3 is 6.18 Å². The van der Waals surface area contributed by atoms with Crippen LogP contribution in [0.1, 0.15) is 23.6 Å². The molecule has 14 heteroatoms. The van der Waals surface area contributed by atoms with Crippen LogP contribution in [0.3, 0.4) is 0 Å². The van der Waals surface area contributed by atoms with Gasteiger partial charge in [-0.25, -0.2) is 9.50 Å². The SMILES string of the molecule is Cc1ccc(Oc2ccc3c(-c4nc(-c5cnn(CC(F)(F)F)n5)c(C(C)O)s4)cnn3c2)nn1. The van der Waals surface area contributed by atoms with E-state index < -0.39 is 18.8 Å². The van der Waals surface area contributed by atoms with Gasteiger partial charge in [-0.05, 0) is 32.0 Å². The molecule has 5 aromatic rings. The number of fused-ring (bicyclic) bond motifs is 1. The second-order valence-corrected chi connectivity index (χ2v) is 8.68. The van der Waals surface area contributed by atoms with E-state index >= 15 is 0 Å². The predicted octanol–water partition coefficient (Wildman–Crippen LogP) is 4.22. The lowest BCUT2D eigenvalue weighted by atomic mass is 10.2. The Bertz CT molecular complexity index is 1490. The molecule has 0 spiro atoms. The Kier molecular flexibility index (Phi) is 5.68. The first-order valence-electron chi connectivity index (χ1n) is 10.3. The summed E-state index contributed by atoms with van der Waals surface area (Å²) in [5, 5.41) is 30.7. The van der Waals surface area contributed by atoms with Gasteiger partial charge in [0.1, 0.15) is 22.1 Å². The molecule has 1 atom stereocenters. The van der Waals surface area contributed by atoms with Crippen LogP contribution in [0.15, 0.2) is 42.9 Å². The number of halogens is 3. The summed E-state index contributed by atoms with van der Waals surface area (Å²) in [7, 11) is 0. The molecule has 35 heavy (non-hydrogen) atoms. The maximum Gasteiger partial charge on any atom is 0.409 e. The second-order valence-electron chi connectivity index (χ2n) is 7.65. The monoisotopic (exact) mass is 502 g/mol. The zero-order valence-corrected chi connectivity index (χ0v) is 19.1. The highest BCUT2D eigenvalue weighted by Gasteiger charge is 2.30. The van der Waals surface area contributed by atoms with Crippen LogP contribution in [0.2, 0.25) is 0 Å². The van der Waals surface area contributed by atoms with Gasteiger partial charge in [-0.2, -0.15) is 38.4 Å². The van der Waals surface area contributed by atoms with Gasteiger partial charge in [0.25, 0.3) is 0 Å². The van der Waals surface area contributed by atoms with Gasteiger partial charge in [0.05, 0.1) is 46.3 Å². The largest absolute Gasteiger partial charge is 0.436 e. The maximum absolute atomic E-state index is 12.7. The molecule has 0 amide bonds. The summed E-state index contributed by atoms with van der Waals surface area (Å²) >= 11 is 1.20. The van der Waals surface area contributed by atoms with E-state index in [9.17, 15) is 18.3 Å². The highest BCUT2D eigenvalue weighted by molar-refractivity contribution is 7.15. The molecule has 0 saturated heterocycles. The number of ether oxygens (including phenoxy) is 1. The average Bonchev–Trinajstić information content (AvgIpc) is 3.51. The predicted molar refractivity (Wildman–Crippen MR) is 119 cm³/mol. The molecule has 10 nitrogen and oxygen atoms in total. The molecular weight excluding hydrogens is 485 g/mol. The molecular formula is C21H17F3N8O2S. The fourth-order valence-electron chi connectivity index (χ4n) is 3.31. The molecule has 0 radical (unpaired) electrons. The summed E-state index contributed by atoms with van der Waals surface area (Å²) in [5.74, 6) is 0.836. The van der Waals surface area contributed by atoms with E-state index in [-0.39, 0.29) is 11.4 Å². The van der Waals surface area contributed by atoms with Crippen LogP contribution in [0, 0.1) is 6.92 Å². The highest BCUT2D eigenvalue weighted by Crippen LogP contribution is 2.38. The Labute approximate surface area is 199 Å². The summed E-state index contributed by atoms with van der Waals surface area (Å²) in [4.78, 5) is 5.57. The Morgan fingerprint density at radius 2 is 1.94 bits per heavy atom. The van der Waals surface area contributed by atoms with Crippen molar-refractivity contribution < 1.29 is 23.0 Å². The van der Waals surface area contributed by atoms with E-state index in [0.29, 0.717) is 37.4 Å². The van der Waals surface area contributed by atoms with Gasteiger partial charge in [0, 0.05) is 6.07 Å². The van der Waals surface area contributed by atoms with Crippen molar-refractivity contribution in [3.8, 4) is 33.6 Å². The number of nitrogens with zero attached hydrogens (tertiary/aromatic N) is 8. The normalized spacial score (nSPS) is 12.9. The minimum absolute atomic E-state index is 0.138. The zero-order valence-electron chi connectivity index (χ0n) is 18.3. The summed E-state index contributed by atoms with van der Waals surface area (Å²) in [6.07, 6.45) is -0.888. The number of alkyl halides is 3. The number of aliphatic hydroxyl groups excluding tert-OH is 1. The van der Waals surface area contributed by atoms with E-state index in [1.165, 1.54) is 17.5 Å². The Morgan fingerprint density at radius 3 is 2.66 bits per heavy atom. The number of hydrogen-bond donors (Lipinski definition) is 1. The lowest BCUT2D eigenvalue weighted by Crippen LogP contribution is -2.19. The number of rotatable bonds is 6. The first kappa shape index (κ1) is 22.9. The third kappa shape index (κ3) is 4.83. The molecule has 0 aromatic carbocycles.